The molecule has 0 bridgehead atoms. The van der Waals surface area contributed by atoms with E-state index in [1.54, 1.807) is 6.07 Å². The number of amides is 2. The number of guanidine groups is 1. The largest absolute Gasteiger partial charge is 0.484 e. The molecule has 2 amide bonds. The standard InChI is InChI=1S/C21H31N5O4/c1-2-23-21(24-14-16-5-3-6-17(13-16)30-15-19(22)27)26-10-8-25(9-11-26)20(28)18-7-4-12-29-18/h3,5-6,13,18H,2,4,7-12,14-15H2,1H3,(H2,22,27)(H,23,24). The Hall–Kier alpha value is -2.81. The van der Waals surface area contributed by atoms with Gasteiger partial charge in [-0.3, -0.25) is 9.59 Å². The zero-order valence-electron chi connectivity index (χ0n) is 17.5. The summed E-state index contributed by atoms with van der Waals surface area (Å²) >= 11 is 0. The van der Waals surface area contributed by atoms with Crippen molar-refractivity contribution in [2.75, 3.05) is 45.9 Å². The van der Waals surface area contributed by atoms with Crippen molar-refractivity contribution in [3.8, 4) is 5.75 Å². The molecular formula is C21H31N5O4. The molecule has 164 valence electrons. The van der Waals surface area contributed by atoms with Gasteiger partial charge in [0.1, 0.15) is 11.9 Å². The molecule has 1 aromatic carbocycles. The van der Waals surface area contributed by atoms with E-state index in [4.69, 9.17) is 20.2 Å². The molecule has 0 radical (unpaired) electrons. The number of piperazine rings is 1. The summed E-state index contributed by atoms with van der Waals surface area (Å²) in [4.78, 5) is 32.2. The van der Waals surface area contributed by atoms with Gasteiger partial charge in [0.2, 0.25) is 0 Å². The minimum Gasteiger partial charge on any atom is -0.484 e. The highest BCUT2D eigenvalue weighted by molar-refractivity contribution is 5.83. The van der Waals surface area contributed by atoms with Crippen molar-refractivity contribution in [3.05, 3.63) is 29.8 Å². The van der Waals surface area contributed by atoms with E-state index in [1.165, 1.54) is 0 Å². The van der Waals surface area contributed by atoms with E-state index in [9.17, 15) is 9.59 Å². The zero-order chi connectivity index (χ0) is 21.3. The average molecular weight is 418 g/mol. The number of nitrogens with zero attached hydrogens (tertiary/aromatic N) is 3. The second kappa shape index (κ2) is 10.8. The highest BCUT2D eigenvalue weighted by Gasteiger charge is 2.30. The van der Waals surface area contributed by atoms with Crippen molar-refractivity contribution in [1.29, 1.82) is 0 Å². The van der Waals surface area contributed by atoms with Gasteiger partial charge in [0, 0.05) is 39.3 Å². The van der Waals surface area contributed by atoms with Gasteiger partial charge in [-0.2, -0.15) is 0 Å². The van der Waals surface area contributed by atoms with E-state index in [1.807, 2.05) is 30.0 Å². The molecule has 1 unspecified atom stereocenters. The van der Waals surface area contributed by atoms with Crippen LogP contribution in [0.2, 0.25) is 0 Å². The number of hydrogen-bond donors (Lipinski definition) is 2. The minimum absolute atomic E-state index is 0.113. The number of carbonyl (C=O) groups is 2. The molecule has 2 fully saturated rings. The Morgan fingerprint density at radius 1 is 1.27 bits per heavy atom. The molecule has 3 N–H and O–H groups in total. The van der Waals surface area contributed by atoms with E-state index in [0.29, 0.717) is 32.0 Å². The Morgan fingerprint density at radius 3 is 2.70 bits per heavy atom. The smallest absolute Gasteiger partial charge is 0.255 e. The molecule has 3 rings (SSSR count). The minimum atomic E-state index is -0.509. The van der Waals surface area contributed by atoms with Crippen molar-refractivity contribution in [2.24, 2.45) is 10.7 Å². The fourth-order valence-electron chi connectivity index (χ4n) is 3.59. The van der Waals surface area contributed by atoms with Gasteiger partial charge in [-0.1, -0.05) is 12.1 Å². The number of aliphatic imine (C=N–C) groups is 1. The van der Waals surface area contributed by atoms with E-state index >= 15 is 0 Å². The second-order valence-corrected chi connectivity index (χ2v) is 7.39. The first-order chi connectivity index (χ1) is 14.6. The normalized spacial score (nSPS) is 19.6. The number of carbonyl (C=O) groups excluding carboxylic acids is 2. The predicted octanol–water partition coefficient (Wildman–Crippen LogP) is 0.339. The first kappa shape index (κ1) is 21.9. The van der Waals surface area contributed by atoms with Crippen molar-refractivity contribution in [2.45, 2.75) is 32.4 Å². The van der Waals surface area contributed by atoms with Crippen LogP contribution in [0.4, 0.5) is 0 Å². The first-order valence-corrected chi connectivity index (χ1v) is 10.5. The third kappa shape index (κ3) is 6.09. The summed E-state index contributed by atoms with van der Waals surface area (Å²) in [5, 5.41) is 3.33. The summed E-state index contributed by atoms with van der Waals surface area (Å²) < 4.78 is 10.9. The lowest BCUT2D eigenvalue weighted by molar-refractivity contribution is -0.142. The number of rotatable bonds is 7. The fourth-order valence-corrected chi connectivity index (χ4v) is 3.59. The summed E-state index contributed by atoms with van der Waals surface area (Å²) in [5.74, 6) is 1.02. The highest BCUT2D eigenvalue weighted by Crippen LogP contribution is 2.17. The molecule has 0 saturated carbocycles. The summed E-state index contributed by atoms with van der Waals surface area (Å²) in [5.41, 5.74) is 6.10. The molecule has 0 aliphatic carbocycles. The van der Waals surface area contributed by atoms with Crippen LogP contribution in [-0.2, 0) is 20.9 Å². The van der Waals surface area contributed by atoms with Crippen molar-refractivity contribution in [3.63, 3.8) is 0 Å². The second-order valence-electron chi connectivity index (χ2n) is 7.39. The summed E-state index contributed by atoms with van der Waals surface area (Å²) in [6, 6.07) is 7.46. The molecule has 1 atom stereocenters. The average Bonchev–Trinajstić information content (AvgIpc) is 3.30. The molecule has 9 nitrogen and oxygen atoms in total. The molecule has 9 heteroatoms. The van der Waals surface area contributed by atoms with Gasteiger partial charge in [-0.15, -0.1) is 0 Å². The summed E-state index contributed by atoms with van der Waals surface area (Å²) in [6.45, 7) is 6.59. The van der Waals surface area contributed by atoms with Crippen LogP contribution in [0.5, 0.6) is 5.75 Å². The monoisotopic (exact) mass is 417 g/mol. The molecule has 0 aromatic heterocycles. The lowest BCUT2D eigenvalue weighted by atomic mass is 10.2. The lowest BCUT2D eigenvalue weighted by Crippen LogP contribution is -2.55. The number of primary amides is 1. The summed E-state index contributed by atoms with van der Waals surface area (Å²) in [7, 11) is 0. The van der Waals surface area contributed by atoms with Crippen LogP contribution < -0.4 is 15.8 Å². The van der Waals surface area contributed by atoms with Gasteiger partial charge in [-0.25, -0.2) is 4.99 Å². The maximum atomic E-state index is 12.5. The van der Waals surface area contributed by atoms with E-state index in [-0.39, 0.29) is 18.6 Å². The molecule has 1 aromatic rings. The lowest BCUT2D eigenvalue weighted by Gasteiger charge is -2.37. The molecule has 0 spiro atoms. The number of hydrogen-bond acceptors (Lipinski definition) is 5. The maximum Gasteiger partial charge on any atom is 0.255 e. The Morgan fingerprint density at radius 2 is 2.03 bits per heavy atom. The number of benzene rings is 1. The van der Waals surface area contributed by atoms with Crippen LogP contribution in [0, 0.1) is 0 Å². The predicted molar refractivity (Wildman–Crippen MR) is 113 cm³/mol. The van der Waals surface area contributed by atoms with Crippen LogP contribution in [0.3, 0.4) is 0 Å². The SMILES string of the molecule is CCNC(=NCc1cccc(OCC(N)=O)c1)N1CCN(C(=O)C2CCCO2)CC1. The van der Waals surface area contributed by atoms with E-state index in [2.05, 4.69) is 10.2 Å². The van der Waals surface area contributed by atoms with Crippen molar-refractivity contribution >= 4 is 17.8 Å². The highest BCUT2D eigenvalue weighted by atomic mass is 16.5. The first-order valence-electron chi connectivity index (χ1n) is 10.5. The summed E-state index contributed by atoms with van der Waals surface area (Å²) in [6.07, 6.45) is 1.52. The number of ether oxygens (including phenoxy) is 2. The van der Waals surface area contributed by atoms with E-state index < -0.39 is 5.91 Å². The fraction of sp³-hybridized carbons (Fsp3) is 0.571. The van der Waals surface area contributed by atoms with Gasteiger partial charge in [0.15, 0.2) is 12.6 Å². The third-order valence-electron chi connectivity index (χ3n) is 5.12. The van der Waals surface area contributed by atoms with Crippen molar-refractivity contribution < 1.29 is 19.1 Å². The van der Waals surface area contributed by atoms with Gasteiger partial charge >= 0.3 is 0 Å². The van der Waals surface area contributed by atoms with Crippen molar-refractivity contribution in [1.82, 2.24) is 15.1 Å². The maximum absolute atomic E-state index is 12.5. The number of nitrogens with one attached hydrogen (secondary N) is 1. The van der Waals surface area contributed by atoms with Crippen LogP contribution in [0.1, 0.15) is 25.3 Å². The van der Waals surface area contributed by atoms with E-state index in [0.717, 1.165) is 44.0 Å². The molecule has 30 heavy (non-hydrogen) atoms. The molecule has 2 heterocycles. The van der Waals surface area contributed by atoms with Gasteiger partial charge in [-0.05, 0) is 37.5 Å². The number of nitrogens with two attached hydrogens (primary N) is 1. The third-order valence-corrected chi connectivity index (χ3v) is 5.12. The molecule has 2 aliphatic heterocycles. The quantitative estimate of drug-likeness (QED) is 0.489. The van der Waals surface area contributed by atoms with Crippen LogP contribution in [0.25, 0.3) is 0 Å². The van der Waals surface area contributed by atoms with Gasteiger partial charge < -0.3 is 30.3 Å². The Balaban J connectivity index is 1.56. The van der Waals surface area contributed by atoms with Gasteiger partial charge in [0.05, 0.1) is 6.54 Å². The Labute approximate surface area is 177 Å². The van der Waals surface area contributed by atoms with Crippen LogP contribution in [-0.4, -0.2) is 79.6 Å². The van der Waals surface area contributed by atoms with Crippen LogP contribution >= 0.6 is 0 Å². The topological polar surface area (TPSA) is 109 Å². The Bertz CT molecular complexity index is 756. The molecule has 2 aliphatic rings. The molecule has 2 saturated heterocycles. The zero-order valence-corrected chi connectivity index (χ0v) is 17.5. The Kier molecular flexibility index (Phi) is 7.89. The molecular weight excluding hydrogens is 386 g/mol. The van der Waals surface area contributed by atoms with Gasteiger partial charge in [0.25, 0.3) is 11.8 Å². The van der Waals surface area contributed by atoms with Crippen LogP contribution in [0.15, 0.2) is 29.3 Å².